The molecule has 0 saturated heterocycles. The number of amides is 1. The Kier molecular flexibility index (Phi) is 5.45. The van der Waals surface area contributed by atoms with E-state index in [-0.39, 0.29) is 5.91 Å². The highest BCUT2D eigenvalue weighted by atomic mass is 16.5. The lowest BCUT2D eigenvalue weighted by Gasteiger charge is -2.11. The Balaban J connectivity index is 1.63. The summed E-state index contributed by atoms with van der Waals surface area (Å²) in [4.78, 5) is 25.2. The van der Waals surface area contributed by atoms with Gasteiger partial charge in [-0.05, 0) is 54.4 Å². The lowest BCUT2D eigenvalue weighted by atomic mass is 10.0. The van der Waals surface area contributed by atoms with E-state index in [0.717, 1.165) is 16.5 Å². The lowest BCUT2D eigenvalue weighted by molar-refractivity contribution is 0.102. The molecule has 1 N–H and O–H groups in total. The molecule has 6 nitrogen and oxygen atoms in total. The van der Waals surface area contributed by atoms with Crippen LogP contribution in [0, 0.1) is 6.92 Å². The molecule has 1 amide bonds. The van der Waals surface area contributed by atoms with Crippen molar-refractivity contribution in [2.75, 3.05) is 19.5 Å². The molecule has 4 aromatic rings. The Morgan fingerprint density at radius 2 is 1.58 bits per heavy atom. The molecule has 0 aliphatic rings. The van der Waals surface area contributed by atoms with E-state index in [1.165, 1.54) is 14.2 Å². The average Bonchev–Trinajstić information content (AvgIpc) is 2.78. The van der Waals surface area contributed by atoms with Crippen LogP contribution in [0.5, 0.6) is 11.5 Å². The van der Waals surface area contributed by atoms with Gasteiger partial charge in [-0.15, -0.1) is 0 Å². The summed E-state index contributed by atoms with van der Waals surface area (Å²) in [6, 6.07) is 19.6. The molecular weight excluding hydrogens is 394 g/mol. The Bertz CT molecular complexity index is 1320. The van der Waals surface area contributed by atoms with Gasteiger partial charge in [-0.2, -0.15) is 0 Å². The summed E-state index contributed by atoms with van der Waals surface area (Å²) in [6.45, 7) is 1.88. The third-order valence-electron chi connectivity index (χ3n) is 5.03. The minimum Gasteiger partial charge on any atom is -0.497 e. The van der Waals surface area contributed by atoms with E-state index >= 15 is 0 Å². The number of hydrogen-bond acceptors (Lipinski definition) is 5. The second-order valence-electron chi connectivity index (χ2n) is 7.07. The van der Waals surface area contributed by atoms with Gasteiger partial charge in [0.05, 0.1) is 19.8 Å². The van der Waals surface area contributed by atoms with Crippen LogP contribution >= 0.6 is 0 Å². The number of benzene rings is 3. The molecule has 0 saturated carbocycles. The average molecular weight is 415 g/mol. The fraction of sp³-hybridized carbons (Fsp3) is 0.120. The highest BCUT2D eigenvalue weighted by molar-refractivity contribution is 6.05. The van der Waals surface area contributed by atoms with E-state index in [4.69, 9.17) is 13.9 Å². The topological polar surface area (TPSA) is 77.8 Å². The summed E-state index contributed by atoms with van der Waals surface area (Å²) < 4.78 is 15.9. The Labute approximate surface area is 179 Å². The zero-order valence-electron chi connectivity index (χ0n) is 17.4. The van der Waals surface area contributed by atoms with Crippen LogP contribution in [-0.2, 0) is 0 Å². The summed E-state index contributed by atoms with van der Waals surface area (Å²) in [5.74, 6) is 0.757. The van der Waals surface area contributed by atoms with Crippen molar-refractivity contribution in [1.29, 1.82) is 0 Å². The van der Waals surface area contributed by atoms with Crippen LogP contribution in [0.1, 0.15) is 15.9 Å². The molecule has 4 rings (SSSR count). The van der Waals surface area contributed by atoms with Crippen molar-refractivity contribution in [2.45, 2.75) is 6.92 Å². The number of carbonyl (C=O) groups excluding carboxylic acids is 1. The van der Waals surface area contributed by atoms with Crippen molar-refractivity contribution in [3.63, 3.8) is 0 Å². The molecule has 0 fully saturated rings. The Morgan fingerprint density at radius 1 is 0.871 bits per heavy atom. The molecule has 31 heavy (non-hydrogen) atoms. The van der Waals surface area contributed by atoms with E-state index in [2.05, 4.69) is 5.32 Å². The fourth-order valence-corrected chi connectivity index (χ4v) is 3.44. The maximum Gasteiger partial charge on any atom is 0.344 e. The largest absolute Gasteiger partial charge is 0.497 e. The smallest absolute Gasteiger partial charge is 0.344 e. The summed E-state index contributed by atoms with van der Waals surface area (Å²) >= 11 is 0. The first-order valence-electron chi connectivity index (χ1n) is 9.67. The normalized spacial score (nSPS) is 10.7. The number of aryl methyl sites for hydroxylation is 1. The van der Waals surface area contributed by atoms with Gasteiger partial charge < -0.3 is 19.2 Å². The molecule has 1 aromatic heterocycles. The van der Waals surface area contributed by atoms with Crippen molar-refractivity contribution < 1.29 is 18.7 Å². The zero-order chi connectivity index (χ0) is 22.0. The van der Waals surface area contributed by atoms with Crippen LogP contribution in [0.25, 0.3) is 22.1 Å². The number of nitrogens with one attached hydrogen (secondary N) is 1. The highest BCUT2D eigenvalue weighted by Crippen LogP contribution is 2.27. The van der Waals surface area contributed by atoms with Gasteiger partial charge in [0.15, 0.2) is 0 Å². The van der Waals surface area contributed by atoms with Gasteiger partial charge in [0.2, 0.25) is 0 Å². The van der Waals surface area contributed by atoms with Crippen LogP contribution < -0.4 is 20.4 Å². The number of anilines is 1. The predicted molar refractivity (Wildman–Crippen MR) is 120 cm³/mol. The summed E-state index contributed by atoms with van der Waals surface area (Å²) in [5, 5.41) is 3.72. The van der Waals surface area contributed by atoms with Crippen LogP contribution in [-0.4, -0.2) is 20.1 Å². The van der Waals surface area contributed by atoms with E-state index in [1.54, 1.807) is 36.4 Å². The van der Waals surface area contributed by atoms with Gasteiger partial charge in [0.1, 0.15) is 17.1 Å². The predicted octanol–water partition coefficient (Wildman–Crippen LogP) is 5.04. The lowest BCUT2D eigenvalue weighted by Crippen LogP contribution is -2.12. The zero-order valence-corrected chi connectivity index (χ0v) is 17.4. The van der Waals surface area contributed by atoms with Crippen LogP contribution in [0.4, 0.5) is 5.69 Å². The Morgan fingerprint density at radius 3 is 2.26 bits per heavy atom. The van der Waals surface area contributed by atoms with Crippen LogP contribution in [0.2, 0.25) is 0 Å². The molecular formula is C25H21NO5. The fourth-order valence-electron chi connectivity index (χ4n) is 3.44. The first-order valence-corrected chi connectivity index (χ1v) is 9.67. The van der Waals surface area contributed by atoms with E-state index < -0.39 is 5.63 Å². The molecule has 0 aliphatic carbocycles. The van der Waals surface area contributed by atoms with Gasteiger partial charge in [-0.3, -0.25) is 4.79 Å². The van der Waals surface area contributed by atoms with Gasteiger partial charge in [0, 0.05) is 22.7 Å². The van der Waals surface area contributed by atoms with Crippen molar-refractivity contribution >= 4 is 22.6 Å². The van der Waals surface area contributed by atoms with E-state index in [1.807, 2.05) is 37.3 Å². The first-order chi connectivity index (χ1) is 15.0. The van der Waals surface area contributed by atoms with Crippen molar-refractivity contribution in [2.24, 2.45) is 0 Å². The standard InChI is InChI=1S/C25H21NO5/c1-15-10-18(26-24(27)17-11-19(29-2)14-20(12-17)30-3)8-9-21(15)22-13-16-6-4-5-7-23(16)31-25(22)28/h4-14H,1-3H3,(H,26,27). The summed E-state index contributed by atoms with van der Waals surface area (Å²) in [6.07, 6.45) is 0. The SMILES string of the molecule is COc1cc(OC)cc(C(=O)Nc2ccc(-c3cc4ccccc4oc3=O)c(C)c2)c1. The monoisotopic (exact) mass is 415 g/mol. The molecule has 0 atom stereocenters. The number of methoxy groups -OCH3 is 2. The van der Waals surface area contributed by atoms with E-state index in [9.17, 15) is 9.59 Å². The molecule has 0 radical (unpaired) electrons. The highest BCUT2D eigenvalue weighted by Gasteiger charge is 2.13. The third kappa shape index (κ3) is 4.14. The number of rotatable bonds is 5. The van der Waals surface area contributed by atoms with Gasteiger partial charge in [-0.1, -0.05) is 24.3 Å². The molecule has 0 aliphatic heterocycles. The molecule has 0 unspecified atom stereocenters. The second-order valence-corrected chi connectivity index (χ2v) is 7.07. The molecule has 156 valence electrons. The van der Waals surface area contributed by atoms with Crippen molar-refractivity contribution in [3.05, 3.63) is 88.3 Å². The van der Waals surface area contributed by atoms with Crippen LogP contribution in [0.15, 0.2) is 75.9 Å². The summed E-state index contributed by atoms with van der Waals surface area (Å²) in [5.41, 5.74) is 3.23. The molecule has 6 heteroatoms. The maximum atomic E-state index is 12.7. The maximum absolute atomic E-state index is 12.7. The van der Waals surface area contributed by atoms with Crippen molar-refractivity contribution in [1.82, 2.24) is 0 Å². The van der Waals surface area contributed by atoms with Gasteiger partial charge in [0.25, 0.3) is 5.91 Å². The quantitative estimate of drug-likeness (QED) is 0.462. The van der Waals surface area contributed by atoms with Gasteiger partial charge in [-0.25, -0.2) is 4.79 Å². The number of ether oxygens (including phenoxy) is 2. The first kappa shape index (κ1) is 20.2. The minimum absolute atomic E-state index is 0.297. The Hall–Kier alpha value is -4.06. The number of fused-ring (bicyclic) bond motifs is 1. The molecule has 3 aromatic carbocycles. The number of carbonyl (C=O) groups is 1. The van der Waals surface area contributed by atoms with Gasteiger partial charge >= 0.3 is 5.63 Å². The number of para-hydroxylation sites is 1. The minimum atomic E-state index is -0.401. The third-order valence-corrected chi connectivity index (χ3v) is 5.03. The van der Waals surface area contributed by atoms with E-state index in [0.29, 0.717) is 33.9 Å². The summed E-state index contributed by atoms with van der Waals surface area (Å²) in [7, 11) is 3.06. The number of hydrogen-bond donors (Lipinski definition) is 1. The van der Waals surface area contributed by atoms with Crippen molar-refractivity contribution in [3.8, 4) is 22.6 Å². The molecule has 0 bridgehead atoms. The van der Waals surface area contributed by atoms with Crippen LogP contribution in [0.3, 0.4) is 0 Å². The molecule has 0 spiro atoms. The second kappa shape index (κ2) is 8.36. The molecule has 1 heterocycles.